The lowest BCUT2D eigenvalue weighted by atomic mass is 10.2. The number of rotatable bonds is 2. The summed E-state index contributed by atoms with van der Waals surface area (Å²) in [6.07, 6.45) is 2.02. The molecule has 0 atom stereocenters. The summed E-state index contributed by atoms with van der Waals surface area (Å²) in [5.74, 6) is 0.723. The summed E-state index contributed by atoms with van der Waals surface area (Å²) in [6, 6.07) is 9.77. The number of nitrogen functional groups attached to an aromatic ring is 1. The van der Waals surface area contributed by atoms with E-state index in [1.54, 1.807) is 6.07 Å². The highest BCUT2D eigenvalue weighted by atomic mass is 35.5. The fourth-order valence-electron chi connectivity index (χ4n) is 1.99. The van der Waals surface area contributed by atoms with Gasteiger partial charge < -0.3 is 15.6 Å². The molecule has 6 heteroatoms. The van der Waals surface area contributed by atoms with Gasteiger partial charge in [-0.2, -0.15) is 4.98 Å². The highest BCUT2D eigenvalue weighted by Crippen LogP contribution is 2.23. The maximum atomic E-state index is 5.84. The molecular formula is C13H12ClN5. The third-order valence-corrected chi connectivity index (χ3v) is 3.07. The maximum absolute atomic E-state index is 5.84. The number of halogens is 1. The van der Waals surface area contributed by atoms with Crippen molar-refractivity contribution in [3.63, 3.8) is 0 Å². The van der Waals surface area contributed by atoms with Gasteiger partial charge in [0.1, 0.15) is 11.0 Å². The van der Waals surface area contributed by atoms with Crippen molar-refractivity contribution in [2.24, 2.45) is 7.05 Å². The van der Waals surface area contributed by atoms with Gasteiger partial charge in [-0.05, 0) is 23.6 Å². The van der Waals surface area contributed by atoms with Gasteiger partial charge in [0.15, 0.2) is 0 Å². The first-order chi connectivity index (χ1) is 9.11. The molecule has 0 saturated heterocycles. The van der Waals surface area contributed by atoms with Gasteiger partial charge in [0.25, 0.3) is 0 Å². The molecule has 0 fully saturated rings. The van der Waals surface area contributed by atoms with Crippen molar-refractivity contribution in [2.75, 3.05) is 11.1 Å². The average Bonchev–Trinajstić information content (AvgIpc) is 2.70. The Bertz CT molecular complexity index is 730. The lowest BCUT2D eigenvalue weighted by Gasteiger charge is -2.07. The third-order valence-electron chi connectivity index (χ3n) is 2.87. The molecule has 1 aromatic carbocycles. The van der Waals surface area contributed by atoms with Crippen LogP contribution in [0.3, 0.4) is 0 Å². The average molecular weight is 274 g/mol. The molecule has 0 aliphatic carbocycles. The van der Waals surface area contributed by atoms with E-state index in [-0.39, 0.29) is 5.95 Å². The molecular weight excluding hydrogens is 262 g/mol. The molecule has 2 heterocycles. The van der Waals surface area contributed by atoms with Crippen LogP contribution in [0.1, 0.15) is 0 Å². The fourth-order valence-corrected chi connectivity index (χ4v) is 2.18. The summed E-state index contributed by atoms with van der Waals surface area (Å²) in [6.45, 7) is 0. The van der Waals surface area contributed by atoms with Crippen molar-refractivity contribution in [1.29, 1.82) is 0 Å². The predicted molar refractivity (Wildman–Crippen MR) is 77.7 cm³/mol. The quantitative estimate of drug-likeness (QED) is 0.705. The second-order valence-corrected chi connectivity index (χ2v) is 4.65. The Hall–Kier alpha value is -2.27. The normalized spacial score (nSPS) is 10.8. The second-order valence-electron chi connectivity index (χ2n) is 4.26. The van der Waals surface area contributed by atoms with Crippen LogP contribution < -0.4 is 11.1 Å². The molecule has 0 spiro atoms. The molecule has 19 heavy (non-hydrogen) atoms. The fraction of sp³-hybridized carbons (Fsp3) is 0.0769. The zero-order chi connectivity index (χ0) is 13.4. The van der Waals surface area contributed by atoms with E-state index in [0.29, 0.717) is 11.0 Å². The van der Waals surface area contributed by atoms with Crippen LogP contribution in [0.2, 0.25) is 5.15 Å². The summed E-state index contributed by atoms with van der Waals surface area (Å²) in [4.78, 5) is 7.90. The largest absolute Gasteiger partial charge is 0.368 e. The molecule has 0 unspecified atom stereocenters. The number of nitrogens with zero attached hydrogens (tertiary/aromatic N) is 3. The number of aryl methyl sites for hydroxylation is 1. The Balaban J connectivity index is 1.98. The second kappa shape index (κ2) is 4.44. The van der Waals surface area contributed by atoms with Crippen molar-refractivity contribution >= 4 is 40.0 Å². The maximum Gasteiger partial charge on any atom is 0.223 e. The van der Waals surface area contributed by atoms with Crippen molar-refractivity contribution in [3.8, 4) is 0 Å². The Morgan fingerprint density at radius 2 is 2.05 bits per heavy atom. The van der Waals surface area contributed by atoms with Gasteiger partial charge in [-0.15, -0.1) is 0 Å². The number of nitrogens with two attached hydrogens (primary N) is 1. The summed E-state index contributed by atoms with van der Waals surface area (Å²) < 4.78 is 2.06. The monoisotopic (exact) mass is 273 g/mol. The smallest absolute Gasteiger partial charge is 0.223 e. The van der Waals surface area contributed by atoms with Crippen LogP contribution in [0.5, 0.6) is 0 Å². The first kappa shape index (κ1) is 11.8. The molecule has 0 radical (unpaired) electrons. The molecule has 2 aromatic heterocycles. The SMILES string of the molecule is Cn1ccc2ccc(Nc3cc(Cl)nc(N)n3)cc21. The van der Waals surface area contributed by atoms with Crippen molar-refractivity contribution in [3.05, 3.63) is 41.7 Å². The molecule has 0 saturated carbocycles. The number of aromatic nitrogens is 3. The highest BCUT2D eigenvalue weighted by Gasteiger charge is 2.03. The van der Waals surface area contributed by atoms with Crippen molar-refractivity contribution in [2.45, 2.75) is 0 Å². The minimum Gasteiger partial charge on any atom is -0.368 e. The number of anilines is 3. The first-order valence-electron chi connectivity index (χ1n) is 5.74. The number of hydrogen-bond acceptors (Lipinski definition) is 4. The Labute approximate surface area is 115 Å². The molecule has 0 aliphatic rings. The zero-order valence-electron chi connectivity index (χ0n) is 10.3. The number of fused-ring (bicyclic) bond motifs is 1. The van der Waals surface area contributed by atoms with Gasteiger partial charge in [0, 0.05) is 30.5 Å². The van der Waals surface area contributed by atoms with Gasteiger partial charge in [-0.1, -0.05) is 17.7 Å². The summed E-state index contributed by atoms with van der Waals surface area (Å²) in [5.41, 5.74) is 7.62. The van der Waals surface area contributed by atoms with Crippen LogP contribution in [0.15, 0.2) is 36.5 Å². The lowest BCUT2D eigenvalue weighted by Crippen LogP contribution is -2.00. The molecule has 0 amide bonds. The van der Waals surface area contributed by atoms with E-state index in [9.17, 15) is 0 Å². The third kappa shape index (κ3) is 2.32. The van der Waals surface area contributed by atoms with E-state index in [0.717, 1.165) is 11.2 Å². The Morgan fingerprint density at radius 3 is 2.84 bits per heavy atom. The number of nitrogens with one attached hydrogen (secondary N) is 1. The van der Waals surface area contributed by atoms with E-state index >= 15 is 0 Å². The Kier molecular flexibility index (Phi) is 2.76. The van der Waals surface area contributed by atoms with Crippen LogP contribution in [0.25, 0.3) is 10.9 Å². The number of benzene rings is 1. The number of hydrogen-bond donors (Lipinski definition) is 2. The Morgan fingerprint density at radius 1 is 1.21 bits per heavy atom. The minimum atomic E-state index is 0.148. The molecule has 3 rings (SSSR count). The highest BCUT2D eigenvalue weighted by molar-refractivity contribution is 6.29. The summed E-state index contributed by atoms with van der Waals surface area (Å²) in [5, 5.41) is 4.67. The van der Waals surface area contributed by atoms with Crippen molar-refractivity contribution in [1.82, 2.24) is 14.5 Å². The van der Waals surface area contributed by atoms with E-state index in [1.165, 1.54) is 5.39 Å². The molecule has 5 nitrogen and oxygen atoms in total. The van der Waals surface area contributed by atoms with Gasteiger partial charge in [-0.25, -0.2) is 4.98 Å². The summed E-state index contributed by atoms with van der Waals surface area (Å²) >= 11 is 5.84. The molecule has 96 valence electrons. The zero-order valence-corrected chi connectivity index (χ0v) is 11.0. The first-order valence-corrected chi connectivity index (χ1v) is 6.12. The standard InChI is InChI=1S/C13H12ClN5/c1-19-5-4-8-2-3-9(6-10(8)19)16-12-7-11(14)17-13(15)18-12/h2-7H,1H3,(H3,15,16,17,18). The van der Waals surface area contributed by atoms with E-state index in [4.69, 9.17) is 17.3 Å². The van der Waals surface area contributed by atoms with E-state index in [1.807, 2.05) is 31.4 Å². The lowest BCUT2D eigenvalue weighted by molar-refractivity contribution is 0.969. The predicted octanol–water partition coefficient (Wildman–Crippen LogP) is 2.95. The molecule has 3 aromatic rings. The van der Waals surface area contributed by atoms with Crippen LogP contribution in [0, 0.1) is 0 Å². The van der Waals surface area contributed by atoms with Gasteiger partial charge in [0.05, 0.1) is 0 Å². The van der Waals surface area contributed by atoms with Crippen LogP contribution >= 0.6 is 11.6 Å². The topological polar surface area (TPSA) is 68.8 Å². The van der Waals surface area contributed by atoms with Crippen LogP contribution in [0.4, 0.5) is 17.5 Å². The van der Waals surface area contributed by atoms with Gasteiger partial charge >= 0.3 is 0 Å². The van der Waals surface area contributed by atoms with E-state index in [2.05, 4.69) is 25.9 Å². The minimum absolute atomic E-state index is 0.148. The van der Waals surface area contributed by atoms with Crippen LogP contribution in [-0.2, 0) is 7.05 Å². The van der Waals surface area contributed by atoms with E-state index < -0.39 is 0 Å². The molecule has 3 N–H and O–H groups in total. The van der Waals surface area contributed by atoms with Crippen LogP contribution in [-0.4, -0.2) is 14.5 Å². The van der Waals surface area contributed by atoms with Gasteiger partial charge in [-0.3, -0.25) is 0 Å². The summed E-state index contributed by atoms with van der Waals surface area (Å²) in [7, 11) is 2.01. The molecule has 0 aliphatic heterocycles. The van der Waals surface area contributed by atoms with Crippen molar-refractivity contribution < 1.29 is 0 Å². The molecule has 0 bridgehead atoms. The van der Waals surface area contributed by atoms with Gasteiger partial charge in [0.2, 0.25) is 5.95 Å².